The minimum atomic E-state index is -0.187. The number of hydrogen-bond acceptors (Lipinski definition) is 4. The molecule has 0 saturated heterocycles. The van der Waals surface area contributed by atoms with Crippen LogP contribution in [0.25, 0.3) is 5.52 Å². The van der Waals surface area contributed by atoms with Crippen LogP contribution in [0.4, 0.5) is 0 Å². The standard InChI is InChI=1S/C16H23N3O3/c1-10(2)12-8-14-16(21)19(6-7-20)17-15(18(14)9-12)11(3)22-13-4-5-13/h8-11,13,20H,4-7H2,1-3H3. The molecule has 1 atom stereocenters. The minimum absolute atomic E-state index is 0.113. The molecule has 1 aliphatic rings. The molecule has 0 aromatic carbocycles. The smallest absolute Gasteiger partial charge is 0.291 e. The normalized spacial score (nSPS) is 16.6. The molecule has 2 aromatic rings. The summed E-state index contributed by atoms with van der Waals surface area (Å²) < 4.78 is 9.12. The molecule has 2 heterocycles. The zero-order valence-electron chi connectivity index (χ0n) is 13.3. The van der Waals surface area contributed by atoms with Gasteiger partial charge in [-0.25, -0.2) is 4.68 Å². The maximum atomic E-state index is 12.5. The summed E-state index contributed by atoms with van der Waals surface area (Å²) in [5.74, 6) is 1.04. The highest BCUT2D eigenvalue weighted by molar-refractivity contribution is 5.50. The quantitative estimate of drug-likeness (QED) is 0.884. The van der Waals surface area contributed by atoms with Gasteiger partial charge in [0, 0.05) is 6.20 Å². The van der Waals surface area contributed by atoms with Gasteiger partial charge in [-0.15, -0.1) is 0 Å². The van der Waals surface area contributed by atoms with Crippen molar-refractivity contribution in [1.29, 1.82) is 0 Å². The van der Waals surface area contributed by atoms with E-state index in [0.29, 0.717) is 23.4 Å². The number of rotatable bonds is 6. The summed E-state index contributed by atoms with van der Waals surface area (Å²) in [6.45, 7) is 6.23. The number of aliphatic hydroxyl groups excluding tert-OH is 1. The predicted molar refractivity (Wildman–Crippen MR) is 83.1 cm³/mol. The Bertz CT molecular complexity index is 728. The maximum absolute atomic E-state index is 12.5. The molecule has 1 unspecified atom stereocenters. The van der Waals surface area contributed by atoms with Crippen molar-refractivity contribution < 1.29 is 9.84 Å². The summed E-state index contributed by atoms with van der Waals surface area (Å²) in [6, 6.07) is 1.91. The van der Waals surface area contributed by atoms with E-state index in [1.165, 1.54) is 4.68 Å². The highest BCUT2D eigenvalue weighted by Crippen LogP contribution is 2.30. The van der Waals surface area contributed by atoms with Gasteiger partial charge in [0.2, 0.25) is 0 Å². The minimum Gasteiger partial charge on any atom is -0.394 e. The fraction of sp³-hybridized carbons (Fsp3) is 0.625. The van der Waals surface area contributed by atoms with Crippen LogP contribution in [-0.2, 0) is 11.3 Å². The average molecular weight is 305 g/mol. The van der Waals surface area contributed by atoms with Gasteiger partial charge < -0.3 is 9.84 Å². The van der Waals surface area contributed by atoms with Crippen LogP contribution in [0, 0.1) is 0 Å². The molecule has 1 saturated carbocycles. The van der Waals surface area contributed by atoms with Gasteiger partial charge >= 0.3 is 0 Å². The lowest BCUT2D eigenvalue weighted by atomic mass is 10.1. The summed E-state index contributed by atoms with van der Waals surface area (Å²) in [7, 11) is 0. The number of ether oxygens (including phenoxy) is 1. The van der Waals surface area contributed by atoms with Crippen LogP contribution < -0.4 is 5.56 Å². The molecule has 0 bridgehead atoms. The van der Waals surface area contributed by atoms with Gasteiger partial charge in [-0.2, -0.15) is 5.10 Å². The van der Waals surface area contributed by atoms with Gasteiger partial charge in [-0.1, -0.05) is 13.8 Å². The van der Waals surface area contributed by atoms with Crippen LogP contribution in [0.1, 0.15) is 57.0 Å². The second-order valence-corrected chi connectivity index (χ2v) is 6.27. The lowest BCUT2D eigenvalue weighted by molar-refractivity contribution is 0.0436. The van der Waals surface area contributed by atoms with Crippen LogP contribution in [0.5, 0.6) is 0 Å². The molecule has 0 radical (unpaired) electrons. The Hall–Kier alpha value is -1.66. The highest BCUT2D eigenvalue weighted by Gasteiger charge is 2.27. The van der Waals surface area contributed by atoms with Crippen LogP contribution in [0.3, 0.4) is 0 Å². The maximum Gasteiger partial charge on any atom is 0.291 e. The first-order valence-corrected chi connectivity index (χ1v) is 7.90. The lowest BCUT2D eigenvalue weighted by Crippen LogP contribution is -2.29. The summed E-state index contributed by atoms with van der Waals surface area (Å²) in [4.78, 5) is 12.5. The molecule has 0 spiro atoms. The van der Waals surface area contributed by atoms with E-state index in [2.05, 4.69) is 18.9 Å². The van der Waals surface area contributed by atoms with Crippen molar-refractivity contribution in [3.63, 3.8) is 0 Å². The van der Waals surface area contributed by atoms with E-state index in [1.807, 2.05) is 23.6 Å². The Morgan fingerprint density at radius 1 is 1.41 bits per heavy atom. The summed E-state index contributed by atoms with van der Waals surface area (Å²) in [6.07, 6.45) is 4.28. The molecule has 1 aliphatic carbocycles. The molecule has 0 amide bonds. The summed E-state index contributed by atoms with van der Waals surface area (Å²) in [5.41, 5.74) is 1.51. The van der Waals surface area contributed by atoms with Crippen molar-refractivity contribution >= 4 is 5.52 Å². The second kappa shape index (κ2) is 5.85. The first-order valence-electron chi connectivity index (χ1n) is 7.90. The molecule has 120 valence electrons. The number of aliphatic hydroxyl groups is 1. The van der Waals surface area contributed by atoms with Gasteiger partial charge in [0.1, 0.15) is 11.6 Å². The van der Waals surface area contributed by atoms with Gasteiger partial charge in [0.05, 0.1) is 19.3 Å². The van der Waals surface area contributed by atoms with Gasteiger partial charge in [0.25, 0.3) is 5.56 Å². The molecular weight excluding hydrogens is 282 g/mol. The van der Waals surface area contributed by atoms with Gasteiger partial charge in [-0.05, 0) is 37.3 Å². The van der Waals surface area contributed by atoms with E-state index in [1.54, 1.807) is 0 Å². The van der Waals surface area contributed by atoms with Crippen molar-refractivity contribution in [2.24, 2.45) is 0 Å². The van der Waals surface area contributed by atoms with E-state index >= 15 is 0 Å². The third-order valence-corrected chi connectivity index (χ3v) is 4.03. The lowest BCUT2D eigenvalue weighted by Gasteiger charge is -2.15. The van der Waals surface area contributed by atoms with E-state index in [-0.39, 0.29) is 24.8 Å². The first-order chi connectivity index (χ1) is 10.5. The molecule has 1 N–H and O–H groups in total. The molecule has 22 heavy (non-hydrogen) atoms. The summed E-state index contributed by atoms with van der Waals surface area (Å²) in [5, 5.41) is 13.6. The average Bonchev–Trinajstić information content (AvgIpc) is 3.16. The molecule has 3 rings (SSSR count). The molecule has 1 fully saturated rings. The second-order valence-electron chi connectivity index (χ2n) is 6.27. The van der Waals surface area contributed by atoms with Gasteiger partial charge in [0.15, 0.2) is 5.82 Å². The van der Waals surface area contributed by atoms with E-state index < -0.39 is 0 Å². The van der Waals surface area contributed by atoms with E-state index in [4.69, 9.17) is 9.84 Å². The fourth-order valence-electron chi connectivity index (χ4n) is 2.58. The largest absolute Gasteiger partial charge is 0.394 e. The van der Waals surface area contributed by atoms with Crippen molar-refractivity contribution in [3.8, 4) is 0 Å². The van der Waals surface area contributed by atoms with Gasteiger partial charge in [-0.3, -0.25) is 9.20 Å². The first kappa shape index (κ1) is 15.2. The Morgan fingerprint density at radius 2 is 2.14 bits per heavy atom. The highest BCUT2D eigenvalue weighted by atomic mass is 16.5. The van der Waals surface area contributed by atoms with Crippen LogP contribution in [-0.4, -0.2) is 32.0 Å². The fourth-order valence-corrected chi connectivity index (χ4v) is 2.58. The number of nitrogens with zero attached hydrogens (tertiary/aromatic N) is 3. The zero-order valence-corrected chi connectivity index (χ0v) is 13.3. The monoisotopic (exact) mass is 305 g/mol. The molecule has 2 aromatic heterocycles. The number of aromatic nitrogens is 3. The van der Waals surface area contributed by atoms with E-state index in [0.717, 1.165) is 18.4 Å². The van der Waals surface area contributed by atoms with E-state index in [9.17, 15) is 4.79 Å². The molecule has 6 nitrogen and oxygen atoms in total. The molecular formula is C16H23N3O3. The van der Waals surface area contributed by atoms with Crippen molar-refractivity contribution in [2.75, 3.05) is 6.61 Å². The SMILES string of the molecule is CC(C)c1cc2c(=O)n(CCO)nc(C(C)OC3CC3)n2c1. The topological polar surface area (TPSA) is 68.8 Å². The Morgan fingerprint density at radius 3 is 2.73 bits per heavy atom. The summed E-state index contributed by atoms with van der Waals surface area (Å²) >= 11 is 0. The zero-order chi connectivity index (χ0) is 15.9. The van der Waals surface area contributed by atoms with Crippen LogP contribution in [0.2, 0.25) is 0 Å². The van der Waals surface area contributed by atoms with Crippen molar-refractivity contribution in [1.82, 2.24) is 14.2 Å². The Labute approximate surface area is 129 Å². The van der Waals surface area contributed by atoms with Crippen LogP contribution >= 0.6 is 0 Å². The molecule has 0 aliphatic heterocycles. The van der Waals surface area contributed by atoms with Crippen molar-refractivity contribution in [3.05, 3.63) is 34.0 Å². The van der Waals surface area contributed by atoms with Crippen molar-refractivity contribution in [2.45, 2.75) is 58.3 Å². The predicted octanol–water partition coefficient (Wildman–Crippen LogP) is 1.85. The third kappa shape index (κ3) is 2.80. The number of fused-ring (bicyclic) bond motifs is 1. The Balaban J connectivity index is 2.14. The Kier molecular flexibility index (Phi) is 4.06. The third-order valence-electron chi connectivity index (χ3n) is 4.03. The van der Waals surface area contributed by atoms with Crippen LogP contribution in [0.15, 0.2) is 17.1 Å². The number of hydrogen-bond donors (Lipinski definition) is 1. The molecule has 6 heteroatoms.